The van der Waals surface area contributed by atoms with Crippen LogP contribution in [0.1, 0.15) is 46.7 Å². The minimum atomic E-state index is -4.58. The first-order valence-corrected chi connectivity index (χ1v) is 10.7. The molecular formula is C25H19F3N4O2. The summed E-state index contributed by atoms with van der Waals surface area (Å²) in [5, 5.41) is 27.4. The second kappa shape index (κ2) is 7.76. The predicted octanol–water partition coefficient (Wildman–Crippen LogP) is 5.32. The second-order valence-electron chi connectivity index (χ2n) is 8.43. The van der Waals surface area contributed by atoms with Crippen LogP contribution in [0, 0.1) is 11.3 Å². The lowest BCUT2D eigenvalue weighted by Gasteiger charge is -2.22. The van der Waals surface area contributed by atoms with Crippen LogP contribution in [0.4, 0.5) is 18.9 Å². The van der Waals surface area contributed by atoms with Crippen molar-refractivity contribution in [2.45, 2.75) is 31.4 Å². The van der Waals surface area contributed by atoms with Crippen molar-refractivity contribution in [3.05, 3.63) is 76.0 Å². The van der Waals surface area contributed by atoms with Gasteiger partial charge in [-0.25, -0.2) is 0 Å². The molecule has 1 aromatic heterocycles. The monoisotopic (exact) mass is 464 g/mol. The van der Waals surface area contributed by atoms with E-state index in [1.54, 1.807) is 17.8 Å². The number of aryl methyl sites for hydroxylation is 2. The lowest BCUT2D eigenvalue weighted by Crippen LogP contribution is -2.17. The van der Waals surface area contributed by atoms with Crippen LogP contribution in [-0.2, 0) is 24.4 Å². The van der Waals surface area contributed by atoms with Crippen molar-refractivity contribution >= 4 is 17.4 Å². The summed E-state index contributed by atoms with van der Waals surface area (Å²) in [6.07, 6.45) is -1.82. The summed E-state index contributed by atoms with van der Waals surface area (Å²) in [4.78, 5) is 12.8. The quantitative estimate of drug-likeness (QED) is 0.312. The zero-order valence-electron chi connectivity index (χ0n) is 18.1. The molecule has 9 heteroatoms. The fourth-order valence-corrected chi connectivity index (χ4v) is 5.04. The van der Waals surface area contributed by atoms with Crippen LogP contribution in [0.5, 0.6) is 0 Å². The zero-order valence-corrected chi connectivity index (χ0v) is 18.1. The van der Waals surface area contributed by atoms with Crippen molar-refractivity contribution in [1.82, 2.24) is 9.78 Å². The number of aliphatic hydroxyl groups excluding tert-OH is 1. The molecule has 2 aromatic carbocycles. The number of nitrogens with zero attached hydrogens (tertiary/aromatic N) is 3. The number of nitrogens with one attached hydrogen (secondary N) is 1. The lowest BCUT2D eigenvalue weighted by atomic mass is 9.81. The number of benzene rings is 2. The van der Waals surface area contributed by atoms with Crippen LogP contribution >= 0.6 is 0 Å². The second-order valence-corrected chi connectivity index (χ2v) is 8.43. The van der Waals surface area contributed by atoms with Crippen molar-refractivity contribution in [2.75, 3.05) is 5.32 Å². The Bertz CT molecular complexity index is 1410. The largest absolute Gasteiger partial charge is 0.504 e. The van der Waals surface area contributed by atoms with Crippen LogP contribution in [0.25, 0.3) is 17.0 Å². The number of rotatable bonds is 3. The number of aliphatic hydroxyl groups is 1. The zero-order chi connectivity index (χ0) is 24.2. The molecule has 2 aliphatic carbocycles. The Balaban J connectivity index is 1.55. The first kappa shape index (κ1) is 21.8. The smallest absolute Gasteiger partial charge is 0.416 e. The molecule has 1 atom stereocenters. The predicted molar refractivity (Wildman–Crippen MR) is 119 cm³/mol. The average Bonchev–Trinajstić information content (AvgIpc) is 3.32. The summed E-state index contributed by atoms with van der Waals surface area (Å²) in [6.45, 7) is 0. The van der Waals surface area contributed by atoms with Crippen LogP contribution < -0.4 is 5.32 Å². The van der Waals surface area contributed by atoms with Crippen LogP contribution in [0.15, 0.2) is 48.0 Å². The Hall–Kier alpha value is -4.06. The number of halogens is 3. The van der Waals surface area contributed by atoms with Gasteiger partial charge in [0.2, 0.25) is 0 Å². The van der Waals surface area contributed by atoms with Gasteiger partial charge in [0.25, 0.3) is 5.91 Å². The number of anilines is 1. The number of aromatic nitrogens is 2. The summed E-state index contributed by atoms with van der Waals surface area (Å²) in [5.41, 5.74) is 3.50. The van der Waals surface area contributed by atoms with E-state index in [2.05, 4.69) is 16.5 Å². The molecule has 1 amide bonds. The van der Waals surface area contributed by atoms with Crippen molar-refractivity contribution in [2.24, 2.45) is 7.05 Å². The SMILES string of the molecule is Cn1nc(/C(O)=C(\C#N)C(=O)Nc2cccc(C(F)(F)F)c2)c2c1-c1cccc3c1C2CCC3. The fourth-order valence-electron chi connectivity index (χ4n) is 5.04. The highest BCUT2D eigenvalue weighted by atomic mass is 19.4. The van der Waals surface area contributed by atoms with E-state index in [1.165, 1.54) is 17.2 Å². The molecule has 0 saturated carbocycles. The molecular weight excluding hydrogens is 445 g/mol. The molecule has 2 N–H and O–H groups in total. The molecule has 34 heavy (non-hydrogen) atoms. The van der Waals surface area contributed by atoms with Gasteiger partial charge in [-0.3, -0.25) is 9.48 Å². The van der Waals surface area contributed by atoms with Crippen LogP contribution in [0.2, 0.25) is 0 Å². The molecule has 2 aliphatic rings. The third-order valence-corrected chi connectivity index (χ3v) is 6.42. The Kier molecular flexibility index (Phi) is 4.97. The topological polar surface area (TPSA) is 90.9 Å². The molecule has 0 aliphatic heterocycles. The van der Waals surface area contributed by atoms with Gasteiger partial charge in [0.1, 0.15) is 11.8 Å². The van der Waals surface area contributed by atoms with Gasteiger partial charge in [-0.05, 0) is 48.6 Å². The maximum atomic E-state index is 13.0. The molecule has 5 rings (SSSR count). The summed E-state index contributed by atoms with van der Waals surface area (Å²) < 4.78 is 40.6. The van der Waals surface area contributed by atoms with E-state index >= 15 is 0 Å². The molecule has 6 nitrogen and oxygen atoms in total. The number of nitriles is 1. The number of carbonyl (C=O) groups is 1. The van der Waals surface area contributed by atoms with Gasteiger partial charge < -0.3 is 10.4 Å². The average molecular weight is 464 g/mol. The number of hydrogen-bond acceptors (Lipinski definition) is 4. The minimum absolute atomic E-state index is 0.00716. The molecule has 1 unspecified atom stereocenters. The molecule has 1 heterocycles. The third kappa shape index (κ3) is 3.34. The Labute approximate surface area is 192 Å². The van der Waals surface area contributed by atoms with Gasteiger partial charge in [0.15, 0.2) is 11.3 Å². The van der Waals surface area contributed by atoms with E-state index in [0.717, 1.165) is 54.3 Å². The minimum Gasteiger partial charge on any atom is -0.504 e. The van der Waals surface area contributed by atoms with E-state index in [9.17, 15) is 28.3 Å². The standard InChI is InChI=1S/C25H19F3N4O2/c1-32-22-17-10-3-6-13-5-2-9-16(19(13)17)20(22)21(31-32)23(33)18(12-29)24(34)30-15-8-4-7-14(11-15)25(26,27)28/h3-4,6-8,10-11,16,33H,2,5,9H2,1H3,(H,30,34)/b23-18-. The maximum Gasteiger partial charge on any atom is 0.416 e. The normalized spacial score (nSPS) is 16.9. The number of amides is 1. The fraction of sp³-hybridized carbons (Fsp3) is 0.240. The number of alkyl halides is 3. The summed E-state index contributed by atoms with van der Waals surface area (Å²) in [5.74, 6) is -1.62. The van der Waals surface area contributed by atoms with E-state index in [-0.39, 0.29) is 17.3 Å². The highest BCUT2D eigenvalue weighted by Gasteiger charge is 2.39. The highest BCUT2D eigenvalue weighted by molar-refractivity contribution is 6.11. The van der Waals surface area contributed by atoms with Crippen molar-refractivity contribution in [3.63, 3.8) is 0 Å². The van der Waals surface area contributed by atoms with E-state index in [0.29, 0.717) is 0 Å². The Morgan fingerprint density at radius 2 is 2.00 bits per heavy atom. The molecule has 172 valence electrons. The van der Waals surface area contributed by atoms with Crippen molar-refractivity contribution in [3.8, 4) is 17.3 Å². The number of hydrogen-bond donors (Lipinski definition) is 2. The summed E-state index contributed by atoms with van der Waals surface area (Å²) in [6, 6.07) is 11.8. The van der Waals surface area contributed by atoms with Gasteiger partial charge in [-0.15, -0.1) is 0 Å². The molecule has 3 aromatic rings. The van der Waals surface area contributed by atoms with Crippen LogP contribution in [0.3, 0.4) is 0 Å². The summed E-state index contributed by atoms with van der Waals surface area (Å²) in [7, 11) is 1.74. The van der Waals surface area contributed by atoms with Gasteiger partial charge in [-0.1, -0.05) is 24.3 Å². The Morgan fingerprint density at radius 1 is 1.24 bits per heavy atom. The molecule has 0 spiro atoms. The Morgan fingerprint density at radius 3 is 2.74 bits per heavy atom. The van der Waals surface area contributed by atoms with Crippen molar-refractivity contribution < 1.29 is 23.1 Å². The van der Waals surface area contributed by atoms with Gasteiger partial charge in [-0.2, -0.15) is 23.5 Å². The highest BCUT2D eigenvalue weighted by Crippen LogP contribution is 2.52. The van der Waals surface area contributed by atoms with E-state index in [1.807, 2.05) is 12.1 Å². The van der Waals surface area contributed by atoms with Crippen molar-refractivity contribution in [1.29, 1.82) is 5.26 Å². The molecule has 0 radical (unpaired) electrons. The summed E-state index contributed by atoms with van der Waals surface area (Å²) >= 11 is 0. The first-order chi connectivity index (χ1) is 16.2. The van der Waals surface area contributed by atoms with Gasteiger partial charge >= 0.3 is 6.18 Å². The number of carbonyl (C=O) groups excluding carboxylic acids is 1. The molecule has 0 saturated heterocycles. The van der Waals surface area contributed by atoms with Gasteiger partial charge in [0, 0.05) is 29.8 Å². The van der Waals surface area contributed by atoms with Gasteiger partial charge in [0.05, 0.1) is 11.3 Å². The first-order valence-electron chi connectivity index (χ1n) is 10.7. The van der Waals surface area contributed by atoms with E-state index < -0.39 is 29.0 Å². The van der Waals surface area contributed by atoms with Crippen LogP contribution in [-0.4, -0.2) is 20.8 Å². The third-order valence-electron chi connectivity index (χ3n) is 6.42. The molecule has 0 bridgehead atoms. The lowest BCUT2D eigenvalue weighted by molar-refractivity contribution is -0.137. The molecule has 0 fully saturated rings. The number of fused-ring (bicyclic) bond motifs is 3. The maximum absolute atomic E-state index is 13.0. The van der Waals surface area contributed by atoms with E-state index in [4.69, 9.17) is 0 Å².